The molecular formula is C23H31NOSSiSn. The van der Waals surface area contributed by atoms with E-state index in [1.807, 2.05) is 11.3 Å². The van der Waals surface area contributed by atoms with Crippen LogP contribution in [0.3, 0.4) is 0 Å². The van der Waals surface area contributed by atoms with E-state index in [2.05, 4.69) is 102 Å². The third-order valence-corrected chi connectivity index (χ3v) is 20.5. The van der Waals surface area contributed by atoms with Crippen LogP contribution in [0.25, 0.3) is 0 Å². The van der Waals surface area contributed by atoms with Crippen molar-refractivity contribution in [2.75, 3.05) is 0 Å². The van der Waals surface area contributed by atoms with Crippen molar-refractivity contribution >= 4 is 51.3 Å². The Bertz CT molecular complexity index is 858. The van der Waals surface area contributed by atoms with Crippen molar-refractivity contribution in [1.29, 1.82) is 0 Å². The van der Waals surface area contributed by atoms with Gasteiger partial charge in [-0.15, -0.1) is 0 Å². The second-order valence-corrected chi connectivity index (χ2v) is 30.2. The van der Waals surface area contributed by atoms with Crippen LogP contribution in [0.1, 0.15) is 25.8 Å². The standard InChI is InChI=1S/C20H22NOSSi.3CH3.Sn/c1-20(2,3)24(17-10-6-4-7-11-17,18-12-8-5-9-13-18)22-16-19-21-14-15-23-19;;;;/h4-14H,16H2,1-3H3;3*1H3;. The van der Waals surface area contributed by atoms with E-state index in [1.54, 1.807) is 0 Å². The quantitative estimate of drug-likeness (QED) is 0.441. The molecule has 1 aromatic heterocycles. The maximum atomic E-state index is 6.99. The van der Waals surface area contributed by atoms with Crippen LogP contribution in [0.5, 0.6) is 0 Å². The van der Waals surface area contributed by atoms with E-state index in [-0.39, 0.29) is 5.04 Å². The Hall–Kier alpha value is -0.954. The van der Waals surface area contributed by atoms with Gasteiger partial charge in [-0.2, -0.15) is 0 Å². The Kier molecular flexibility index (Phi) is 6.54. The predicted molar refractivity (Wildman–Crippen MR) is 128 cm³/mol. The molecule has 0 spiro atoms. The van der Waals surface area contributed by atoms with E-state index >= 15 is 0 Å². The first-order valence-electron chi connectivity index (χ1n) is 9.85. The molecule has 0 radical (unpaired) electrons. The number of aromatic nitrogens is 1. The van der Waals surface area contributed by atoms with Gasteiger partial charge in [-0.1, -0.05) is 0 Å². The van der Waals surface area contributed by atoms with Crippen molar-refractivity contribution < 1.29 is 4.43 Å². The molecule has 0 saturated heterocycles. The molecule has 148 valence electrons. The van der Waals surface area contributed by atoms with Crippen molar-refractivity contribution in [3.63, 3.8) is 0 Å². The van der Waals surface area contributed by atoms with Crippen LogP contribution in [-0.4, -0.2) is 31.7 Å². The summed E-state index contributed by atoms with van der Waals surface area (Å²) in [5, 5.41) is 3.74. The van der Waals surface area contributed by atoms with Gasteiger partial charge in [0.25, 0.3) is 0 Å². The summed E-state index contributed by atoms with van der Waals surface area (Å²) in [6.45, 7) is 7.54. The molecule has 3 rings (SSSR count). The molecule has 0 N–H and O–H groups in total. The second-order valence-electron chi connectivity index (χ2n) is 9.32. The van der Waals surface area contributed by atoms with Crippen LogP contribution in [0.15, 0.2) is 66.9 Å². The van der Waals surface area contributed by atoms with Crippen molar-refractivity contribution in [2.45, 2.75) is 47.2 Å². The van der Waals surface area contributed by atoms with Gasteiger partial charge in [0.1, 0.15) is 0 Å². The zero-order valence-electron chi connectivity index (χ0n) is 17.8. The number of benzene rings is 2. The van der Waals surface area contributed by atoms with Gasteiger partial charge in [0.05, 0.1) is 0 Å². The number of thiazole rings is 1. The molecule has 2 nitrogen and oxygen atoms in total. The Balaban J connectivity index is 2.05. The van der Waals surface area contributed by atoms with E-state index in [1.165, 1.54) is 13.3 Å². The van der Waals surface area contributed by atoms with E-state index in [0.717, 1.165) is 5.01 Å². The van der Waals surface area contributed by atoms with E-state index in [0.29, 0.717) is 6.61 Å². The number of hydrogen-bond acceptors (Lipinski definition) is 3. The first kappa shape index (κ1) is 21.7. The molecule has 0 unspecified atom stereocenters. The molecule has 0 aliphatic heterocycles. The summed E-state index contributed by atoms with van der Waals surface area (Å²) < 4.78 is 8.50. The van der Waals surface area contributed by atoms with Gasteiger partial charge >= 0.3 is 180 Å². The van der Waals surface area contributed by atoms with Gasteiger partial charge < -0.3 is 0 Å². The molecular weight excluding hydrogens is 485 g/mol. The minimum atomic E-state index is -2.48. The topological polar surface area (TPSA) is 22.1 Å². The summed E-state index contributed by atoms with van der Waals surface area (Å²) in [5.41, 5.74) is 0. The summed E-state index contributed by atoms with van der Waals surface area (Å²) in [6.07, 6.45) is 2.10. The summed E-state index contributed by atoms with van der Waals surface area (Å²) in [4.78, 5) is 12.0. The summed E-state index contributed by atoms with van der Waals surface area (Å²) in [7, 11) is -2.48. The van der Waals surface area contributed by atoms with E-state index < -0.39 is 26.7 Å². The molecule has 0 aliphatic carbocycles. The normalized spacial score (nSPS) is 12.9. The molecule has 28 heavy (non-hydrogen) atoms. The van der Waals surface area contributed by atoms with Gasteiger partial charge in [-0.25, -0.2) is 0 Å². The van der Waals surface area contributed by atoms with Crippen LogP contribution in [-0.2, 0) is 11.0 Å². The van der Waals surface area contributed by atoms with E-state index in [4.69, 9.17) is 9.41 Å². The van der Waals surface area contributed by atoms with Gasteiger partial charge in [-0.05, 0) is 0 Å². The first-order valence-corrected chi connectivity index (χ1v) is 22.6. The maximum absolute atomic E-state index is 6.99. The monoisotopic (exact) mass is 517 g/mol. The molecule has 0 aliphatic rings. The van der Waals surface area contributed by atoms with Gasteiger partial charge in [0, 0.05) is 0 Å². The van der Waals surface area contributed by atoms with Crippen LogP contribution >= 0.6 is 11.3 Å². The Labute approximate surface area is 179 Å². The fourth-order valence-electron chi connectivity index (χ4n) is 3.66. The predicted octanol–water partition coefficient (Wildman–Crippen LogP) is 4.76. The molecule has 5 heteroatoms. The average Bonchev–Trinajstić information content (AvgIpc) is 3.12. The summed E-state index contributed by atoms with van der Waals surface area (Å²) >= 11 is -0.226. The van der Waals surface area contributed by atoms with Gasteiger partial charge in [0.2, 0.25) is 0 Å². The Morgan fingerprint density at radius 3 is 1.79 bits per heavy atom. The van der Waals surface area contributed by atoms with Gasteiger partial charge in [0.15, 0.2) is 0 Å². The SMILES string of the molecule is CC(C)(C)[Si](OCc1nc[c]([Sn]([CH3])([CH3])[CH3])s1)(c1ccccc1)c1ccccc1. The van der Waals surface area contributed by atoms with Crippen molar-refractivity contribution in [1.82, 2.24) is 4.98 Å². The number of hydrogen-bond donors (Lipinski definition) is 0. The zero-order valence-corrected chi connectivity index (χ0v) is 22.5. The Morgan fingerprint density at radius 2 is 1.39 bits per heavy atom. The molecule has 3 aromatic rings. The minimum absolute atomic E-state index is 0.000939. The van der Waals surface area contributed by atoms with Crippen molar-refractivity contribution in [3.05, 3.63) is 71.9 Å². The van der Waals surface area contributed by atoms with Crippen LogP contribution < -0.4 is 13.3 Å². The number of nitrogens with zero attached hydrogens (tertiary/aromatic N) is 1. The van der Waals surface area contributed by atoms with E-state index in [9.17, 15) is 0 Å². The average molecular weight is 516 g/mol. The third kappa shape index (κ3) is 4.45. The molecule has 0 atom stereocenters. The van der Waals surface area contributed by atoms with Crippen LogP contribution in [0.4, 0.5) is 0 Å². The van der Waals surface area contributed by atoms with Crippen molar-refractivity contribution in [2.24, 2.45) is 0 Å². The summed E-state index contributed by atoms with van der Waals surface area (Å²) in [6, 6.07) is 21.6. The number of rotatable bonds is 6. The van der Waals surface area contributed by atoms with Gasteiger partial charge in [-0.3, -0.25) is 0 Å². The zero-order chi connectivity index (χ0) is 20.4. The molecule has 1 heterocycles. The molecule has 0 amide bonds. The molecule has 2 aromatic carbocycles. The van der Waals surface area contributed by atoms with Crippen LogP contribution in [0.2, 0.25) is 19.9 Å². The molecule has 0 bridgehead atoms. The van der Waals surface area contributed by atoms with Crippen LogP contribution in [0, 0.1) is 0 Å². The molecule has 0 fully saturated rings. The Morgan fingerprint density at radius 1 is 0.893 bits per heavy atom. The van der Waals surface area contributed by atoms with Crippen molar-refractivity contribution in [3.8, 4) is 0 Å². The summed E-state index contributed by atoms with van der Waals surface area (Å²) in [5.74, 6) is 0. The second kappa shape index (κ2) is 8.42. The third-order valence-electron chi connectivity index (χ3n) is 5.12. The fraction of sp³-hybridized carbons (Fsp3) is 0.348. The fourth-order valence-corrected chi connectivity index (χ4v) is 14.1. The first-order chi connectivity index (χ1) is 13.1. The molecule has 0 saturated carbocycles.